The molecule has 3 heteroatoms. The van der Waals surface area contributed by atoms with Gasteiger partial charge in [0.25, 0.3) is 0 Å². The molecule has 0 amide bonds. The first-order valence-electron chi connectivity index (χ1n) is 1.65. The number of halogens is 1. The fourth-order valence-electron chi connectivity index (χ4n) is 0.295. The van der Waals surface area contributed by atoms with Crippen LogP contribution in [-0.4, -0.2) is 20.0 Å². The van der Waals surface area contributed by atoms with Gasteiger partial charge in [-0.05, 0) is 0 Å². The third-order valence-electron chi connectivity index (χ3n) is 0.539. The molecule has 0 atom stereocenters. The Kier molecular flexibility index (Phi) is 4.24. The first-order chi connectivity index (χ1) is 2.50. The Balaban J connectivity index is 0.000000250. The lowest BCUT2D eigenvalue weighted by atomic mass is 10.8. The van der Waals surface area contributed by atoms with Gasteiger partial charge in [-0.1, -0.05) is 0 Å². The van der Waals surface area contributed by atoms with E-state index in [-0.39, 0.29) is 24.0 Å². The van der Waals surface area contributed by atoms with E-state index in [9.17, 15) is 0 Å². The SMILES string of the molecule is C1COCO1.I. The molecule has 2 nitrogen and oxygen atoms in total. The molecule has 0 aromatic carbocycles. The first-order valence-corrected chi connectivity index (χ1v) is 1.65. The maximum atomic E-state index is 4.72. The summed E-state index contributed by atoms with van der Waals surface area (Å²) in [4.78, 5) is 0. The fraction of sp³-hybridized carbons (Fsp3) is 1.00. The lowest BCUT2D eigenvalue weighted by molar-refractivity contribution is 0.0692. The van der Waals surface area contributed by atoms with Crippen molar-refractivity contribution in [3.8, 4) is 0 Å². The Morgan fingerprint density at radius 3 is 1.67 bits per heavy atom. The third-order valence-corrected chi connectivity index (χ3v) is 0.539. The largest absolute Gasteiger partial charge is 0.353 e. The van der Waals surface area contributed by atoms with E-state index in [0.717, 1.165) is 13.2 Å². The second-order valence-electron chi connectivity index (χ2n) is 0.934. The highest BCUT2D eigenvalue weighted by Crippen LogP contribution is 1.85. The van der Waals surface area contributed by atoms with Gasteiger partial charge in [-0.25, -0.2) is 0 Å². The normalized spacial score (nSPS) is 20.0. The Morgan fingerprint density at radius 1 is 1.00 bits per heavy atom. The maximum absolute atomic E-state index is 4.72. The van der Waals surface area contributed by atoms with Gasteiger partial charge in [-0.3, -0.25) is 0 Å². The van der Waals surface area contributed by atoms with E-state index in [1.165, 1.54) is 0 Å². The van der Waals surface area contributed by atoms with Gasteiger partial charge in [0.05, 0.1) is 13.2 Å². The molecule has 0 aromatic heterocycles. The summed E-state index contributed by atoms with van der Waals surface area (Å²) in [6.45, 7) is 2.06. The van der Waals surface area contributed by atoms with Crippen LogP contribution in [0, 0.1) is 0 Å². The second kappa shape index (κ2) is 3.83. The Labute approximate surface area is 53.8 Å². The standard InChI is InChI=1S/C3H6O2.HI/c1-2-5-3-4-1;/h1-3H2;1H. The minimum atomic E-state index is 0. The summed E-state index contributed by atoms with van der Waals surface area (Å²) in [6, 6.07) is 0. The van der Waals surface area contributed by atoms with Gasteiger partial charge in [0.2, 0.25) is 0 Å². The van der Waals surface area contributed by atoms with Crippen molar-refractivity contribution in [2.45, 2.75) is 0 Å². The average molecular weight is 202 g/mol. The Morgan fingerprint density at radius 2 is 1.50 bits per heavy atom. The molecule has 1 aliphatic heterocycles. The van der Waals surface area contributed by atoms with Crippen LogP contribution in [0.25, 0.3) is 0 Å². The van der Waals surface area contributed by atoms with Gasteiger partial charge in [0.1, 0.15) is 6.79 Å². The molecule has 0 aromatic rings. The summed E-state index contributed by atoms with van der Waals surface area (Å²) in [6.07, 6.45) is 0. The van der Waals surface area contributed by atoms with Crippen LogP contribution < -0.4 is 0 Å². The highest BCUT2D eigenvalue weighted by molar-refractivity contribution is 14.0. The fourth-order valence-corrected chi connectivity index (χ4v) is 0.295. The van der Waals surface area contributed by atoms with Crippen LogP contribution in [0.1, 0.15) is 0 Å². The topological polar surface area (TPSA) is 18.5 Å². The monoisotopic (exact) mass is 202 g/mol. The quantitative estimate of drug-likeness (QED) is 0.535. The third kappa shape index (κ3) is 1.94. The van der Waals surface area contributed by atoms with Gasteiger partial charge in [-0.15, -0.1) is 24.0 Å². The molecule has 0 N–H and O–H groups in total. The second-order valence-corrected chi connectivity index (χ2v) is 0.934. The molecule has 38 valence electrons. The highest BCUT2D eigenvalue weighted by atomic mass is 127. The van der Waals surface area contributed by atoms with Crippen LogP contribution in [0.5, 0.6) is 0 Å². The molecular weight excluding hydrogens is 195 g/mol. The number of rotatable bonds is 0. The van der Waals surface area contributed by atoms with E-state index in [1.54, 1.807) is 0 Å². The number of hydrogen-bond acceptors (Lipinski definition) is 2. The highest BCUT2D eigenvalue weighted by Gasteiger charge is 1.93. The predicted octanol–water partition coefficient (Wildman–Crippen LogP) is 0.609. The zero-order valence-corrected chi connectivity index (χ0v) is 5.68. The van der Waals surface area contributed by atoms with Gasteiger partial charge >= 0.3 is 0 Å². The van der Waals surface area contributed by atoms with Gasteiger partial charge < -0.3 is 9.47 Å². The average Bonchev–Trinajstić information content (AvgIpc) is 1.76. The molecule has 1 heterocycles. The molecule has 0 unspecified atom stereocenters. The molecular formula is C3H7IO2. The van der Waals surface area contributed by atoms with E-state index < -0.39 is 0 Å². The summed E-state index contributed by atoms with van der Waals surface area (Å²) in [5, 5.41) is 0. The lowest BCUT2D eigenvalue weighted by Gasteiger charge is -1.76. The van der Waals surface area contributed by atoms with Crippen molar-refractivity contribution in [2.24, 2.45) is 0 Å². The summed E-state index contributed by atoms with van der Waals surface area (Å²) in [5.41, 5.74) is 0. The zero-order chi connectivity index (χ0) is 3.54. The number of ether oxygens (including phenoxy) is 2. The summed E-state index contributed by atoms with van der Waals surface area (Å²) >= 11 is 0. The predicted molar refractivity (Wildman–Crippen MR) is 32.2 cm³/mol. The van der Waals surface area contributed by atoms with Crippen LogP contribution in [-0.2, 0) is 9.47 Å². The maximum Gasteiger partial charge on any atom is 0.146 e. The van der Waals surface area contributed by atoms with Crippen LogP contribution in [0.15, 0.2) is 0 Å². The van der Waals surface area contributed by atoms with Crippen LogP contribution in [0.4, 0.5) is 0 Å². The van der Waals surface area contributed by atoms with Crippen molar-refractivity contribution < 1.29 is 9.47 Å². The Bertz CT molecular complexity index is 20.4. The minimum Gasteiger partial charge on any atom is -0.353 e. The zero-order valence-electron chi connectivity index (χ0n) is 3.35. The van der Waals surface area contributed by atoms with E-state index in [1.807, 2.05) is 0 Å². The van der Waals surface area contributed by atoms with Crippen molar-refractivity contribution in [1.82, 2.24) is 0 Å². The summed E-state index contributed by atoms with van der Waals surface area (Å²) in [5.74, 6) is 0. The van der Waals surface area contributed by atoms with Crippen molar-refractivity contribution in [1.29, 1.82) is 0 Å². The summed E-state index contributed by atoms with van der Waals surface area (Å²) in [7, 11) is 0. The van der Waals surface area contributed by atoms with Crippen LogP contribution >= 0.6 is 24.0 Å². The van der Waals surface area contributed by atoms with Gasteiger partial charge in [0.15, 0.2) is 0 Å². The molecule has 1 saturated heterocycles. The smallest absolute Gasteiger partial charge is 0.146 e. The van der Waals surface area contributed by atoms with Crippen LogP contribution in [0.3, 0.4) is 0 Å². The molecule has 0 saturated carbocycles. The van der Waals surface area contributed by atoms with Crippen molar-refractivity contribution in [3.05, 3.63) is 0 Å². The molecule has 1 rings (SSSR count). The minimum absolute atomic E-state index is 0. The molecule has 0 spiro atoms. The van der Waals surface area contributed by atoms with E-state index in [2.05, 4.69) is 0 Å². The van der Waals surface area contributed by atoms with E-state index in [4.69, 9.17) is 9.47 Å². The van der Waals surface area contributed by atoms with E-state index >= 15 is 0 Å². The molecule has 0 radical (unpaired) electrons. The first kappa shape index (κ1) is 6.65. The molecule has 1 aliphatic rings. The van der Waals surface area contributed by atoms with E-state index in [0.29, 0.717) is 6.79 Å². The summed E-state index contributed by atoms with van der Waals surface area (Å²) < 4.78 is 9.44. The number of hydrogen-bond donors (Lipinski definition) is 0. The van der Waals surface area contributed by atoms with Crippen molar-refractivity contribution >= 4 is 24.0 Å². The Hall–Kier alpha value is 0.650. The van der Waals surface area contributed by atoms with Crippen LogP contribution in [0.2, 0.25) is 0 Å². The van der Waals surface area contributed by atoms with Crippen molar-refractivity contribution in [3.63, 3.8) is 0 Å². The van der Waals surface area contributed by atoms with Gasteiger partial charge in [-0.2, -0.15) is 0 Å². The molecule has 6 heavy (non-hydrogen) atoms. The van der Waals surface area contributed by atoms with Gasteiger partial charge in [0, 0.05) is 0 Å². The molecule has 0 bridgehead atoms. The lowest BCUT2D eigenvalue weighted by Crippen LogP contribution is -1.79. The molecule has 1 fully saturated rings. The van der Waals surface area contributed by atoms with Crippen molar-refractivity contribution in [2.75, 3.05) is 20.0 Å². The molecule has 0 aliphatic carbocycles.